The lowest BCUT2D eigenvalue weighted by atomic mass is 10.1. The van der Waals surface area contributed by atoms with Crippen molar-refractivity contribution in [2.45, 2.75) is 57.6 Å². The summed E-state index contributed by atoms with van der Waals surface area (Å²) in [4.78, 5) is 39.0. The molecule has 0 radical (unpaired) electrons. The molecule has 0 spiro atoms. The van der Waals surface area contributed by atoms with Crippen LogP contribution in [0.1, 0.15) is 38.3 Å². The first kappa shape index (κ1) is 33.3. The van der Waals surface area contributed by atoms with Crippen LogP contribution in [0.15, 0.2) is 71.6 Å². The molecule has 43 heavy (non-hydrogen) atoms. The Morgan fingerprint density at radius 2 is 1.74 bits per heavy atom. The van der Waals surface area contributed by atoms with Crippen LogP contribution in [0.2, 0.25) is 5.02 Å². The Hall–Kier alpha value is -4.16. The number of carbonyl (C=O) groups excluding carboxylic acids is 2. The van der Waals surface area contributed by atoms with Crippen LogP contribution in [-0.4, -0.2) is 55.8 Å². The maximum absolute atomic E-state index is 14.0. The molecular formula is C30H35ClN4O7S. The van der Waals surface area contributed by atoms with Gasteiger partial charge in [-0.15, -0.1) is 0 Å². The molecule has 3 rings (SSSR count). The van der Waals surface area contributed by atoms with Crippen LogP contribution in [0.4, 0.5) is 11.4 Å². The summed E-state index contributed by atoms with van der Waals surface area (Å²) in [6.45, 7) is 6.09. The third-order valence-corrected chi connectivity index (χ3v) is 9.02. The van der Waals surface area contributed by atoms with Gasteiger partial charge in [0.1, 0.15) is 18.3 Å². The Morgan fingerprint density at radius 3 is 2.33 bits per heavy atom. The van der Waals surface area contributed by atoms with Crippen molar-refractivity contribution in [3.05, 3.63) is 93.0 Å². The lowest BCUT2D eigenvalue weighted by molar-refractivity contribution is -0.385. The van der Waals surface area contributed by atoms with E-state index < -0.39 is 39.3 Å². The summed E-state index contributed by atoms with van der Waals surface area (Å²) >= 11 is 6.17. The number of benzene rings is 3. The van der Waals surface area contributed by atoms with Gasteiger partial charge in [0.25, 0.3) is 15.7 Å². The van der Waals surface area contributed by atoms with Crippen molar-refractivity contribution in [3.8, 4) is 5.75 Å². The predicted octanol–water partition coefficient (Wildman–Crippen LogP) is 5.09. The van der Waals surface area contributed by atoms with Gasteiger partial charge in [0.15, 0.2) is 0 Å². The summed E-state index contributed by atoms with van der Waals surface area (Å²) in [6.07, 6.45) is 0.673. The van der Waals surface area contributed by atoms with Crippen molar-refractivity contribution < 1.29 is 27.7 Å². The van der Waals surface area contributed by atoms with Crippen molar-refractivity contribution in [1.82, 2.24) is 10.2 Å². The average molecular weight is 631 g/mol. The molecule has 0 bridgehead atoms. The lowest BCUT2D eigenvalue weighted by Crippen LogP contribution is -2.52. The summed E-state index contributed by atoms with van der Waals surface area (Å²) in [5.74, 6) is -0.623. The zero-order valence-electron chi connectivity index (χ0n) is 24.6. The Labute approximate surface area is 256 Å². The molecule has 0 saturated heterocycles. The normalized spacial score (nSPS) is 12.6. The van der Waals surface area contributed by atoms with Gasteiger partial charge in [-0.1, -0.05) is 36.7 Å². The molecule has 1 N–H and O–H groups in total. The molecule has 0 unspecified atom stereocenters. The highest BCUT2D eigenvalue weighted by atomic mass is 35.5. The monoisotopic (exact) mass is 630 g/mol. The second-order valence-corrected chi connectivity index (χ2v) is 12.4. The van der Waals surface area contributed by atoms with Gasteiger partial charge in [-0.3, -0.25) is 24.0 Å². The maximum Gasteiger partial charge on any atom is 0.273 e. The number of nitrogens with zero attached hydrogens (tertiary/aromatic N) is 3. The fourth-order valence-corrected chi connectivity index (χ4v) is 5.88. The standard InChI is InChI=1S/C30H35ClN4O7S/c1-6-21(3)32-30(37)22(4)33(18-23-8-7-9-24(31)16-23)29(36)19-34(25-11-13-26(42-5)14-12-25)43(40,41)27-15-10-20(2)28(17-27)35(38)39/h7-17,21-22H,6,18-19H2,1-5H3,(H,32,37)/t21-,22-/m1/s1. The largest absolute Gasteiger partial charge is 0.497 e. The molecule has 2 amide bonds. The number of rotatable bonds is 13. The summed E-state index contributed by atoms with van der Waals surface area (Å²) in [5.41, 5.74) is 0.665. The van der Waals surface area contributed by atoms with E-state index in [1.807, 2.05) is 13.8 Å². The predicted molar refractivity (Wildman–Crippen MR) is 165 cm³/mol. The van der Waals surface area contributed by atoms with E-state index in [1.165, 1.54) is 55.3 Å². The van der Waals surface area contributed by atoms with E-state index in [0.717, 1.165) is 10.4 Å². The molecule has 2 atom stereocenters. The van der Waals surface area contributed by atoms with E-state index in [2.05, 4.69) is 5.32 Å². The van der Waals surface area contributed by atoms with E-state index in [4.69, 9.17) is 16.3 Å². The lowest BCUT2D eigenvalue weighted by Gasteiger charge is -2.32. The second kappa shape index (κ2) is 14.3. The smallest absolute Gasteiger partial charge is 0.273 e. The Kier molecular flexibility index (Phi) is 11.1. The summed E-state index contributed by atoms with van der Waals surface area (Å²) in [6, 6.07) is 15.2. The van der Waals surface area contributed by atoms with Crippen molar-refractivity contribution in [2.75, 3.05) is 18.0 Å². The van der Waals surface area contributed by atoms with Gasteiger partial charge in [0, 0.05) is 29.2 Å². The fourth-order valence-electron chi connectivity index (χ4n) is 4.23. The van der Waals surface area contributed by atoms with Crippen molar-refractivity contribution >= 4 is 44.8 Å². The molecule has 230 valence electrons. The highest BCUT2D eigenvalue weighted by Gasteiger charge is 2.33. The first-order chi connectivity index (χ1) is 20.3. The van der Waals surface area contributed by atoms with Gasteiger partial charge in [-0.25, -0.2) is 8.42 Å². The molecule has 11 nitrogen and oxygen atoms in total. The van der Waals surface area contributed by atoms with E-state index >= 15 is 0 Å². The van der Waals surface area contributed by atoms with E-state index in [0.29, 0.717) is 22.8 Å². The molecule has 3 aromatic carbocycles. The quantitative estimate of drug-likeness (QED) is 0.205. The number of hydrogen-bond donors (Lipinski definition) is 1. The highest BCUT2D eigenvalue weighted by Crippen LogP contribution is 2.29. The Balaban J connectivity index is 2.09. The number of sulfonamides is 1. The van der Waals surface area contributed by atoms with Gasteiger partial charge < -0.3 is 15.0 Å². The average Bonchev–Trinajstić information content (AvgIpc) is 2.98. The van der Waals surface area contributed by atoms with Crippen molar-refractivity contribution in [1.29, 1.82) is 0 Å². The number of aryl methyl sites for hydroxylation is 1. The molecule has 0 aromatic heterocycles. The van der Waals surface area contributed by atoms with E-state index in [-0.39, 0.29) is 34.4 Å². The number of nitrogens with one attached hydrogen (secondary N) is 1. The topological polar surface area (TPSA) is 139 Å². The molecule has 13 heteroatoms. The van der Waals surface area contributed by atoms with Crippen LogP contribution in [0.25, 0.3) is 0 Å². The van der Waals surface area contributed by atoms with Crippen LogP contribution in [0.3, 0.4) is 0 Å². The van der Waals surface area contributed by atoms with Crippen LogP contribution in [0.5, 0.6) is 5.75 Å². The Morgan fingerprint density at radius 1 is 1.07 bits per heavy atom. The number of ether oxygens (including phenoxy) is 1. The minimum Gasteiger partial charge on any atom is -0.497 e. The third kappa shape index (κ3) is 8.23. The number of anilines is 1. The molecule has 3 aromatic rings. The van der Waals surface area contributed by atoms with Gasteiger partial charge >= 0.3 is 0 Å². The summed E-state index contributed by atoms with van der Waals surface area (Å²) in [7, 11) is -3.05. The molecule has 0 fully saturated rings. The second-order valence-electron chi connectivity index (χ2n) is 10.1. The van der Waals surface area contributed by atoms with E-state index in [9.17, 15) is 28.1 Å². The van der Waals surface area contributed by atoms with Gasteiger partial charge in [0.05, 0.1) is 22.6 Å². The number of carbonyl (C=O) groups is 2. The number of halogens is 1. The van der Waals surface area contributed by atoms with Gasteiger partial charge in [0.2, 0.25) is 11.8 Å². The molecular weight excluding hydrogens is 596 g/mol. The van der Waals surface area contributed by atoms with Crippen LogP contribution < -0.4 is 14.4 Å². The van der Waals surface area contributed by atoms with Gasteiger partial charge in [-0.2, -0.15) is 0 Å². The minimum atomic E-state index is -4.50. The van der Waals surface area contributed by atoms with Crippen molar-refractivity contribution in [3.63, 3.8) is 0 Å². The molecule has 0 aliphatic carbocycles. The molecule has 0 saturated carbocycles. The Bertz CT molecular complexity index is 1580. The van der Waals surface area contributed by atoms with E-state index in [1.54, 1.807) is 31.2 Å². The van der Waals surface area contributed by atoms with Crippen LogP contribution >= 0.6 is 11.6 Å². The highest BCUT2D eigenvalue weighted by molar-refractivity contribution is 7.92. The SMILES string of the molecule is CC[C@@H](C)NC(=O)[C@@H](C)N(Cc1cccc(Cl)c1)C(=O)CN(c1ccc(OC)cc1)S(=O)(=O)c1ccc(C)c([N+](=O)[O-])c1. The molecule has 0 aliphatic heterocycles. The zero-order valence-corrected chi connectivity index (χ0v) is 26.2. The first-order valence-corrected chi connectivity index (χ1v) is 15.4. The van der Waals surface area contributed by atoms with Gasteiger partial charge in [-0.05, 0) is 75.2 Å². The number of nitro benzene ring substituents is 1. The first-order valence-electron chi connectivity index (χ1n) is 13.5. The minimum absolute atomic E-state index is 0.0268. The molecule has 0 aliphatic rings. The number of nitro groups is 1. The third-order valence-electron chi connectivity index (χ3n) is 7.01. The number of methoxy groups -OCH3 is 1. The number of hydrogen-bond acceptors (Lipinski definition) is 7. The zero-order chi connectivity index (χ0) is 31.9. The summed E-state index contributed by atoms with van der Waals surface area (Å²) < 4.78 is 34.1. The van der Waals surface area contributed by atoms with Crippen LogP contribution in [-0.2, 0) is 26.2 Å². The van der Waals surface area contributed by atoms with Crippen molar-refractivity contribution in [2.24, 2.45) is 0 Å². The fraction of sp³-hybridized carbons (Fsp3) is 0.333. The summed E-state index contributed by atoms with van der Waals surface area (Å²) in [5, 5.41) is 14.9. The number of amides is 2. The molecule has 0 heterocycles. The maximum atomic E-state index is 14.0. The van der Waals surface area contributed by atoms with Crippen LogP contribution in [0, 0.1) is 17.0 Å².